The lowest BCUT2D eigenvalue weighted by Crippen LogP contribution is -2.41. The number of carbonyl (C=O) groups is 2. The highest BCUT2D eigenvalue weighted by molar-refractivity contribution is 7.89. The van der Waals surface area contributed by atoms with Crippen LogP contribution in [-0.4, -0.2) is 61.6 Å². The molecule has 1 amide bonds. The molecular formula is C23H33N3O6S2. The molecule has 0 radical (unpaired) electrons. The number of methoxy groups -OCH3 is 1. The van der Waals surface area contributed by atoms with E-state index in [2.05, 4.69) is 10.3 Å². The van der Waals surface area contributed by atoms with Crippen LogP contribution in [-0.2, 0) is 30.7 Å². The second kappa shape index (κ2) is 10.6. The maximum atomic E-state index is 13.5. The molecule has 1 atom stereocenters. The van der Waals surface area contributed by atoms with Gasteiger partial charge in [-0.3, -0.25) is 4.79 Å². The Morgan fingerprint density at radius 1 is 1.26 bits per heavy atom. The lowest BCUT2D eigenvalue weighted by molar-refractivity contribution is -0.144. The summed E-state index contributed by atoms with van der Waals surface area (Å²) in [5.41, 5.74) is 0.866. The van der Waals surface area contributed by atoms with Gasteiger partial charge in [0.2, 0.25) is 10.0 Å². The van der Waals surface area contributed by atoms with E-state index in [1.165, 1.54) is 22.8 Å². The Hall–Kier alpha value is -2.24. The average molecular weight is 512 g/mol. The molecule has 34 heavy (non-hydrogen) atoms. The van der Waals surface area contributed by atoms with E-state index in [0.29, 0.717) is 31.3 Å². The molecule has 1 fully saturated rings. The highest BCUT2D eigenvalue weighted by Crippen LogP contribution is 2.35. The maximum absolute atomic E-state index is 13.5. The summed E-state index contributed by atoms with van der Waals surface area (Å²) < 4.78 is 39.1. The smallest absolute Gasteiger partial charge is 0.407 e. The Morgan fingerprint density at radius 3 is 2.68 bits per heavy atom. The van der Waals surface area contributed by atoms with Crippen molar-refractivity contribution in [1.29, 1.82) is 0 Å². The second-order valence-corrected chi connectivity index (χ2v) is 12.3. The zero-order valence-electron chi connectivity index (χ0n) is 20.3. The number of carbonyl (C=O) groups excluding carboxylic acids is 2. The van der Waals surface area contributed by atoms with Gasteiger partial charge in [0.1, 0.15) is 22.1 Å². The summed E-state index contributed by atoms with van der Waals surface area (Å²) in [5, 5.41) is 3.58. The van der Waals surface area contributed by atoms with E-state index in [4.69, 9.17) is 9.47 Å². The summed E-state index contributed by atoms with van der Waals surface area (Å²) in [6.45, 7) is 8.14. The van der Waals surface area contributed by atoms with Gasteiger partial charge in [0.05, 0.1) is 16.8 Å². The Labute approximate surface area is 204 Å². The van der Waals surface area contributed by atoms with Gasteiger partial charge in [-0.1, -0.05) is 6.07 Å². The molecule has 1 N–H and O–H groups in total. The molecule has 188 valence electrons. The molecule has 2 heterocycles. The summed E-state index contributed by atoms with van der Waals surface area (Å²) in [6.07, 6.45) is 2.81. The van der Waals surface area contributed by atoms with Crippen molar-refractivity contribution in [2.45, 2.75) is 76.3 Å². The third kappa shape index (κ3) is 6.05. The number of thiazole rings is 1. The Morgan fingerprint density at radius 2 is 2.00 bits per heavy atom. The van der Waals surface area contributed by atoms with Crippen LogP contribution in [0.1, 0.15) is 57.0 Å². The number of benzene rings is 1. The summed E-state index contributed by atoms with van der Waals surface area (Å²) >= 11 is 1.48. The number of esters is 1. The van der Waals surface area contributed by atoms with Crippen molar-refractivity contribution >= 4 is 43.6 Å². The molecule has 1 aromatic carbocycles. The predicted molar refractivity (Wildman–Crippen MR) is 130 cm³/mol. The van der Waals surface area contributed by atoms with Crippen LogP contribution in [0.15, 0.2) is 17.0 Å². The van der Waals surface area contributed by atoms with Crippen molar-refractivity contribution in [3.8, 4) is 0 Å². The van der Waals surface area contributed by atoms with Gasteiger partial charge < -0.3 is 14.8 Å². The molecule has 0 unspecified atom stereocenters. The van der Waals surface area contributed by atoms with E-state index in [1.807, 2.05) is 27.7 Å². The molecule has 2 aromatic rings. The quantitative estimate of drug-likeness (QED) is 0.424. The lowest BCUT2D eigenvalue weighted by Gasteiger charge is -2.22. The van der Waals surface area contributed by atoms with E-state index in [-0.39, 0.29) is 11.4 Å². The van der Waals surface area contributed by atoms with Crippen molar-refractivity contribution < 1.29 is 27.5 Å². The molecule has 0 aliphatic carbocycles. The van der Waals surface area contributed by atoms with E-state index >= 15 is 0 Å². The summed E-state index contributed by atoms with van der Waals surface area (Å²) in [5.74, 6) is -0.539. The molecule has 0 saturated carbocycles. The number of sulfonamides is 1. The van der Waals surface area contributed by atoms with Crippen LogP contribution in [0.25, 0.3) is 10.2 Å². The topological polar surface area (TPSA) is 115 Å². The third-order valence-corrected chi connectivity index (χ3v) is 8.69. The molecule has 1 saturated heterocycles. The van der Waals surface area contributed by atoms with Crippen molar-refractivity contribution in [1.82, 2.24) is 14.6 Å². The van der Waals surface area contributed by atoms with Gasteiger partial charge in [0.25, 0.3) is 0 Å². The predicted octanol–water partition coefficient (Wildman–Crippen LogP) is 3.78. The summed E-state index contributed by atoms with van der Waals surface area (Å²) in [4.78, 5) is 28.7. The SMILES string of the molecule is COC(=O)[C@@H]1CCCN1S(=O)(=O)c1ccc(C)c2sc(CCCCNC(=O)OC(C)(C)C)nc12. The van der Waals surface area contributed by atoms with Crippen molar-refractivity contribution in [3.05, 3.63) is 22.7 Å². The number of rotatable bonds is 8. The van der Waals surface area contributed by atoms with Crippen LogP contribution in [0.4, 0.5) is 4.79 Å². The minimum atomic E-state index is -3.91. The molecule has 9 nitrogen and oxygen atoms in total. The maximum Gasteiger partial charge on any atom is 0.407 e. The Balaban J connectivity index is 1.72. The molecule has 1 aliphatic rings. The van der Waals surface area contributed by atoms with Gasteiger partial charge in [-0.15, -0.1) is 11.3 Å². The van der Waals surface area contributed by atoms with E-state index in [0.717, 1.165) is 28.1 Å². The van der Waals surface area contributed by atoms with Crippen LogP contribution < -0.4 is 5.32 Å². The van der Waals surface area contributed by atoms with E-state index < -0.39 is 33.7 Å². The number of ether oxygens (including phenoxy) is 2. The number of aromatic nitrogens is 1. The number of alkyl carbamates (subject to hydrolysis) is 1. The van der Waals surface area contributed by atoms with Crippen LogP contribution >= 0.6 is 11.3 Å². The normalized spacial score (nSPS) is 17.1. The average Bonchev–Trinajstić information content (AvgIpc) is 3.40. The molecule has 3 rings (SSSR count). The van der Waals surface area contributed by atoms with Crippen LogP contribution in [0.5, 0.6) is 0 Å². The van der Waals surface area contributed by atoms with Crippen molar-refractivity contribution in [2.24, 2.45) is 0 Å². The number of hydrogen-bond acceptors (Lipinski definition) is 8. The van der Waals surface area contributed by atoms with Gasteiger partial charge in [0.15, 0.2) is 0 Å². The molecule has 0 bridgehead atoms. The number of unbranched alkanes of at least 4 members (excludes halogenated alkanes) is 1. The number of nitrogens with one attached hydrogen (secondary N) is 1. The molecule has 1 aliphatic heterocycles. The Bertz CT molecular complexity index is 1150. The van der Waals surface area contributed by atoms with Crippen LogP contribution in [0.3, 0.4) is 0 Å². The van der Waals surface area contributed by atoms with Gasteiger partial charge >= 0.3 is 12.1 Å². The van der Waals surface area contributed by atoms with E-state index in [9.17, 15) is 18.0 Å². The van der Waals surface area contributed by atoms with Gasteiger partial charge in [-0.05, 0) is 71.4 Å². The number of nitrogens with zero attached hydrogens (tertiary/aromatic N) is 2. The zero-order valence-corrected chi connectivity index (χ0v) is 22.0. The minimum Gasteiger partial charge on any atom is -0.468 e. The van der Waals surface area contributed by atoms with Crippen LogP contribution in [0, 0.1) is 6.92 Å². The standard InChI is InChI=1S/C23H33N3O6S2/c1-15-11-12-17(34(29,30)26-14-8-9-16(26)21(27)31-5)19-20(15)33-18(25-19)10-6-7-13-24-22(28)32-23(2,3)4/h11-12,16H,6-10,13-14H2,1-5H3,(H,24,28)/t16-/m0/s1. The summed E-state index contributed by atoms with van der Waals surface area (Å²) in [6, 6.07) is 2.56. The van der Waals surface area contributed by atoms with Gasteiger partial charge in [-0.25, -0.2) is 18.2 Å². The molecule has 1 aromatic heterocycles. The first-order valence-electron chi connectivity index (χ1n) is 11.4. The zero-order chi connectivity index (χ0) is 25.1. The first-order chi connectivity index (χ1) is 15.9. The highest BCUT2D eigenvalue weighted by atomic mass is 32.2. The molecule has 0 spiro atoms. The van der Waals surface area contributed by atoms with Crippen LogP contribution in [0.2, 0.25) is 0 Å². The number of fused-ring (bicyclic) bond motifs is 1. The number of hydrogen-bond donors (Lipinski definition) is 1. The molecule has 11 heteroatoms. The van der Waals surface area contributed by atoms with Crippen molar-refractivity contribution in [3.63, 3.8) is 0 Å². The fraction of sp³-hybridized carbons (Fsp3) is 0.609. The largest absolute Gasteiger partial charge is 0.468 e. The van der Waals surface area contributed by atoms with Gasteiger partial charge in [0, 0.05) is 13.1 Å². The molecular weight excluding hydrogens is 478 g/mol. The van der Waals surface area contributed by atoms with Gasteiger partial charge in [-0.2, -0.15) is 4.31 Å². The fourth-order valence-corrected chi connectivity index (χ4v) is 6.85. The van der Waals surface area contributed by atoms with Crippen molar-refractivity contribution in [2.75, 3.05) is 20.2 Å². The first kappa shape index (κ1) is 26.4. The lowest BCUT2D eigenvalue weighted by atomic mass is 10.2. The second-order valence-electron chi connectivity index (χ2n) is 9.35. The monoisotopic (exact) mass is 511 g/mol. The highest BCUT2D eigenvalue weighted by Gasteiger charge is 2.41. The first-order valence-corrected chi connectivity index (χ1v) is 13.7. The number of amides is 1. The Kier molecular flexibility index (Phi) is 8.20. The minimum absolute atomic E-state index is 0.123. The number of aryl methyl sites for hydroxylation is 2. The third-order valence-electron chi connectivity index (χ3n) is 5.50. The summed E-state index contributed by atoms with van der Waals surface area (Å²) in [7, 11) is -2.64. The fourth-order valence-electron chi connectivity index (χ4n) is 3.90. The van der Waals surface area contributed by atoms with E-state index in [1.54, 1.807) is 12.1 Å².